The van der Waals surface area contributed by atoms with E-state index in [-0.39, 0.29) is 0 Å². The minimum Gasteiger partial charge on any atom is -0.386 e. The lowest BCUT2D eigenvalue weighted by Crippen LogP contribution is -2.36. The number of allylic oxidation sites excluding steroid dienone is 1. The Balaban J connectivity index is 1.94. The fourth-order valence-electron chi connectivity index (χ4n) is 3.79. The molecule has 0 amide bonds. The molecule has 0 heterocycles. The van der Waals surface area contributed by atoms with Gasteiger partial charge in [-0.15, -0.1) is 0 Å². The quantitative estimate of drug-likeness (QED) is 0.700. The summed E-state index contributed by atoms with van der Waals surface area (Å²) in [7, 11) is 0. The molecule has 1 saturated carbocycles. The number of aliphatic hydroxyl groups is 1. The number of rotatable bonds is 3. The van der Waals surface area contributed by atoms with E-state index in [1.165, 1.54) is 63.4 Å². The molecule has 1 fully saturated rings. The molecule has 0 spiro atoms. The molecule has 1 N–H and O–H groups in total. The fourth-order valence-corrected chi connectivity index (χ4v) is 3.79. The zero-order valence-electron chi connectivity index (χ0n) is 12.1. The van der Waals surface area contributed by atoms with Crippen LogP contribution in [0.1, 0.15) is 84.0 Å². The largest absolute Gasteiger partial charge is 0.386 e. The first kappa shape index (κ1) is 14.1. The van der Waals surface area contributed by atoms with Crippen LogP contribution in [0.2, 0.25) is 0 Å². The fraction of sp³-hybridized carbons (Fsp3) is 0.882. The monoisotopic (exact) mass is 250 g/mol. The van der Waals surface area contributed by atoms with Gasteiger partial charge in [0.1, 0.15) is 0 Å². The van der Waals surface area contributed by atoms with Crippen LogP contribution in [-0.2, 0) is 0 Å². The van der Waals surface area contributed by atoms with E-state index >= 15 is 0 Å². The Hall–Kier alpha value is -0.300. The zero-order valence-corrected chi connectivity index (χ0v) is 12.1. The SMILES string of the molecule is CCCC1CCC(O)(C2=CCCCCCC2)CC1. The molecule has 2 aliphatic carbocycles. The van der Waals surface area contributed by atoms with E-state index in [9.17, 15) is 5.11 Å². The molecule has 0 aromatic heterocycles. The van der Waals surface area contributed by atoms with Crippen LogP contribution in [-0.4, -0.2) is 10.7 Å². The second-order valence-electron chi connectivity index (χ2n) is 6.45. The third-order valence-electron chi connectivity index (χ3n) is 5.02. The summed E-state index contributed by atoms with van der Waals surface area (Å²) in [4.78, 5) is 0. The van der Waals surface area contributed by atoms with E-state index in [2.05, 4.69) is 13.0 Å². The molecule has 104 valence electrons. The van der Waals surface area contributed by atoms with E-state index in [1.807, 2.05) is 0 Å². The van der Waals surface area contributed by atoms with Gasteiger partial charge in [-0.2, -0.15) is 0 Å². The third-order valence-corrected chi connectivity index (χ3v) is 5.02. The standard InChI is InChI=1S/C17H30O/c1-2-8-15-11-13-17(18,14-12-15)16-9-6-4-3-5-7-10-16/h9,15,18H,2-8,10-14H2,1H3. The Bertz CT molecular complexity index is 271. The Labute approximate surface area is 113 Å². The molecule has 0 unspecified atom stereocenters. The minimum absolute atomic E-state index is 0.429. The van der Waals surface area contributed by atoms with E-state index in [1.54, 1.807) is 0 Å². The lowest BCUT2D eigenvalue weighted by Gasteiger charge is -2.38. The molecule has 0 atom stereocenters. The van der Waals surface area contributed by atoms with Gasteiger partial charge in [0.2, 0.25) is 0 Å². The van der Waals surface area contributed by atoms with Crippen molar-refractivity contribution in [3.05, 3.63) is 11.6 Å². The Morgan fingerprint density at radius 1 is 1.17 bits per heavy atom. The zero-order chi connectivity index (χ0) is 12.8. The van der Waals surface area contributed by atoms with Crippen molar-refractivity contribution in [3.8, 4) is 0 Å². The smallest absolute Gasteiger partial charge is 0.0857 e. The summed E-state index contributed by atoms with van der Waals surface area (Å²) in [6.45, 7) is 2.28. The van der Waals surface area contributed by atoms with Crippen LogP contribution in [0.5, 0.6) is 0 Å². The van der Waals surface area contributed by atoms with Crippen molar-refractivity contribution in [1.82, 2.24) is 0 Å². The average molecular weight is 250 g/mol. The minimum atomic E-state index is -0.429. The Morgan fingerprint density at radius 3 is 2.61 bits per heavy atom. The van der Waals surface area contributed by atoms with Gasteiger partial charge in [-0.05, 0) is 62.9 Å². The summed E-state index contributed by atoms with van der Waals surface area (Å²) in [5, 5.41) is 10.9. The van der Waals surface area contributed by atoms with Crippen molar-refractivity contribution in [1.29, 1.82) is 0 Å². The van der Waals surface area contributed by atoms with E-state index in [4.69, 9.17) is 0 Å². The van der Waals surface area contributed by atoms with Crippen LogP contribution in [0, 0.1) is 5.92 Å². The third kappa shape index (κ3) is 3.60. The first-order valence-corrected chi connectivity index (χ1v) is 8.16. The van der Waals surface area contributed by atoms with Gasteiger partial charge in [0.05, 0.1) is 5.60 Å². The maximum Gasteiger partial charge on any atom is 0.0857 e. The Kier molecular flexibility index (Phi) is 5.29. The summed E-state index contributed by atoms with van der Waals surface area (Å²) in [6, 6.07) is 0. The molecular weight excluding hydrogens is 220 g/mol. The van der Waals surface area contributed by atoms with Crippen LogP contribution >= 0.6 is 0 Å². The molecule has 18 heavy (non-hydrogen) atoms. The van der Waals surface area contributed by atoms with Crippen molar-refractivity contribution in [2.45, 2.75) is 89.6 Å². The van der Waals surface area contributed by atoms with Gasteiger partial charge in [-0.1, -0.05) is 38.7 Å². The highest BCUT2D eigenvalue weighted by Gasteiger charge is 2.35. The van der Waals surface area contributed by atoms with Gasteiger partial charge in [0.15, 0.2) is 0 Å². The average Bonchev–Trinajstić information content (AvgIpc) is 2.32. The molecule has 2 rings (SSSR count). The number of hydrogen-bond acceptors (Lipinski definition) is 1. The lowest BCUT2D eigenvalue weighted by atomic mass is 9.72. The van der Waals surface area contributed by atoms with Crippen LogP contribution in [0.25, 0.3) is 0 Å². The molecule has 1 nitrogen and oxygen atoms in total. The van der Waals surface area contributed by atoms with E-state index in [0.29, 0.717) is 0 Å². The van der Waals surface area contributed by atoms with Crippen LogP contribution in [0.4, 0.5) is 0 Å². The van der Waals surface area contributed by atoms with Crippen molar-refractivity contribution in [2.75, 3.05) is 0 Å². The van der Waals surface area contributed by atoms with E-state index < -0.39 is 5.60 Å². The molecule has 0 bridgehead atoms. The second-order valence-corrected chi connectivity index (χ2v) is 6.45. The van der Waals surface area contributed by atoms with Crippen molar-refractivity contribution in [2.24, 2.45) is 5.92 Å². The van der Waals surface area contributed by atoms with Crippen LogP contribution in [0.15, 0.2) is 11.6 Å². The first-order chi connectivity index (χ1) is 8.74. The van der Waals surface area contributed by atoms with Gasteiger partial charge in [-0.25, -0.2) is 0 Å². The molecule has 2 aliphatic rings. The highest BCUT2D eigenvalue weighted by Crippen LogP contribution is 2.40. The highest BCUT2D eigenvalue weighted by molar-refractivity contribution is 5.18. The topological polar surface area (TPSA) is 20.2 Å². The predicted octanol–water partition coefficient (Wildman–Crippen LogP) is 4.99. The van der Waals surface area contributed by atoms with Gasteiger partial charge >= 0.3 is 0 Å². The van der Waals surface area contributed by atoms with Crippen molar-refractivity contribution in [3.63, 3.8) is 0 Å². The predicted molar refractivity (Wildman–Crippen MR) is 77.6 cm³/mol. The van der Waals surface area contributed by atoms with Gasteiger partial charge in [0, 0.05) is 0 Å². The molecule has 0 aromatic carbocycles. The maximum atomic E-state index is 10.9. The van der Waals surface area contributed by atoms with Gasteiger partial charge < -0.3 is 5.11 Å². The first-order valence-electron chi connectivity index (χ1n) is 8.16. The molecular formula is C17H30O. The molecule has 1 heteroatoms. The second kappa shape index (κ2) is 6.75. The summed E-state index contributed by atoms with van der Waals surface area (Å²) in [5.74, 6) is 0.879. The van der Waals surface area contributed by atoms with Crippen LogP contribution < -0.4 is 0 Å². The molecule has 0 aliphatic heterocycles. The maximum absolute atomic E-state index is 10.9. The number of hydrogen-bond donors (Lipinski definition) is 1. The summed E-state index contributed by atoms with van der Waals surface area (Å²) in [5.41, 5.74) is 0.957. The van der Waals surface area contributed by atoms with Gasteiger partial charge in [0.25, 0.3) is 0 Å². The summed E-state index contributed by atoms with van der Waals surface area (Å²) >= 11 is 0. The van der Waals surface area contributed by atoms with Crippen molar-refractivity contribution < 1.29 is 5.11 Å². The normalized spacial score (nSPS) is 34.6. The molecule has 0 aromatic rings. The summed E-state index contributed by atoms with van der Waals surface area (Å²) < 4.78 is 0. The van der Waals surface area contributed by atoms with Gasteiger partial charge in [-0.3, -0.25) is 0 Å². The highest BCUT2D eigenvalue weighted by atomic mass is 16.3. The Morgan fingerprint density at radius 2 is 1.89 bits per heavy atom. The lowest BCUT2D eigenvalue weighted by molar-refractivity contribution is 0.0193. The molecule has 0 radical (unpaired) electrons. The molecule has 0 saturated heterocycles. The summed E-state index contributed by atoms with van der Waals surface area (Å²) in [6.07, 6.45) is 17.2. The van der Waals surface area contributed by atoms with Crippen molar-refractivity contribution >= 4 is 0 Å². The van der Waals surface area contributed by atoms with E-state index in [0.717, 1.165) is 25.2 Å². The van der Waals surface area contributed by atoms with Crippen LogP contribution in [0.3, 0.4) is 0 Å².